The molecule has 0 aromatic heterocycles. The second-order valence-corrected chi connectivity index (χ2v) is 7.58. The summed E-state index contributed by atoms with van der Waals surface area (Å²) in [5, 5.41) is 3.38. The Kier molecular flexibility index (Phi) is 4.53. The highest BCUT2D eigenvalue weighted by Gasteiger charge is 2.44. The number of hydrogen-bond acceptors (Lipinski definition) is 3. The van der Waals surface area contributed by atoms with Crippen molar-refractivity contribution in [2.75, 3.05) is 13.1 Å². The van der Waals surface area contributed by atoms with Gasteiger partial charge in [0.1, 0.15) is 0 Å². The number of nitrogens with one attached hydrogen (secondary N) is 1. The highest BCUT2D eigenvalue weighted by molar-refractivity contribution is 5.74. The minimum Gasteiger partial charge on any atom is -0.448 e. The van der Waals surface area contributed by atoms with E-state index in [1.54, 1.807) is 0 Å². The van der Waals surface area contributed by atoms with Crippen molar-refractivity contribution in [3.05, 3.63) is 29.8 Å². The molecule has 1 atom stereocenters. The van der Waals surface area contributed by atoms with Gasteiger partial charge in [0.05, 0.1) is 0 Å². The van der Waals surface area contributed by atoms with E-state index in [1.165, 1.54) is 56.1 Å². The van der Waals surface area contributed by atoms with E-state index in [4.69, 9.17) is 9.47 Å². The van der Waals surface area contributed by atoms with Gasteiger partial charge < -0.3 is 14.8 Å². The highest BCUT2D eigenvalue weighted by atomic mass is 16.7. The zero-order valence-corrected chi connectivity index (χ0v) is 14.8. The molecule has 1 unspecified atom stereocenters. The minimum absolute atomic E-state index is 0.486. The summed E-state index contributed by atoms with van der Waals surface area (Å²) in [6.07, 6.45) is 12.5. The van der Waals surface area contributed by atoms with Gasteiger partial charge in [-0.2, -0.15) is 0 Å². The maximum Gasteiger partial charge on any atom is 0.251 e. The van der Waals surface area contributed by atoms with Crippen molar-refractivity contribution < 1.29 is 9.47 Å². The Labute approximate surface area is 145 Å². The molecule has 1 aromatic rings. The fourth-order valence-corrected chi connectivity index (χ4v) is 4.41. The molecule has 1 aromatic carbocycles. The monoisotopic (exact) mass is 327 g/mol. The Hall–Kier alpha value is -1.48. The molecule has 1 aliphatic carbocycles. The van der Waals surface area contributed by atoms with Gasteiger partial charge in [0.2, 0.25) is 0 Å². The van der Waals surface area contributed by atoms with Crippen LogP contribution >= 0.6 is 0 Å². The summed E-state index contributed by atoms with van der Waals surface area (Å²) < 4.78 is 12.9. The number of hydrogen-bond donors (Lipinski definition) is 1. The van der Waals surface area contributed by atoms with Crippen LogP contribution in [-0.2, 0) is 0 Å². The predicted molar refractivity (Wildman–Crippen MR) is 97.4 cm³/mol. The summed E-state index contributed by atoms with van der Waals surface area (Å²) in [5.74, 6) is 1.88. The molecule has 0 radical (unpaired) electrons. The third-order valence-corrected chi connectivity index (χ3v) is 5.85. The average molecular weight is 327 g/mol. The molecule has 0 bridgehead atoms. The van der Waals surface area contributed by atoms with Crippen molar-refractivity contribution in [2.24, 2.45) is 5.92 Å². The Morgan fingerprint density at radius 2 is 1.83 bits per heavy atom. The first kappa shape index (κ1) is 16.0. The molecule has 0 amide bonds. The van der Waals surface area contributed by atoms with Gasteiger partial charge in [-0.05, 0) is 37.4 Å². The number of ether oxygens (including phenoxy) is 2. The second kappa shape index (κ2) is 6.79. The maximum absolute atomic E-state index is 6.53. The molecule has 24 heavy (non-hydrogen) atoms. The molecule has 130 valence electrons. The van der Waals surface area contributed by atoms with Crippen molar-refractivity contribution >= 4 is 5.57 Å². The van der Waals surface area contributed by atoms with Crippen molar-refractivity contribution in [3.8, 4) is 11.5 Å². The van der Waals surface area contributed by atoms with Crippen LogP contribution < -0.4 is 14.8 Å². The third kappa shape index (κ3) is 3.06. The van der Waals surface area contributed by atoms with Crippen LogP contribution in [0.4, 0.5) is 0 Å². The van der Waals surface area contributed by atoms with Crippen LogP contribution in [0.3, 0.4) is 0 Å². The Morgan fingerprint density at radius 1 is 1.04 bits per heavy atom. The lowest BCUT2D eigenvalue weighted by Gasteiger charge is -2.33. The van der Waals surface area contributed by atoms with E-state index in [0.29, 0.717) is 5.92 Å². The van der Waals surface area contributed by atoms with Gasteiger partial charge in [0.15, 0.2) is 11.5 Å². The van der Waals surface area contributed by atoms with E-state index >= 15 is 0 Å². The van der Waals surface area contributed by atoms with Crippen LogP contribution in [-0.4, -0.2) is 18.9 Å². The molecule has 1 saturated carbocycles. The Morgan fingerprint density at radius 3 is 2.58 bits per heavy atom. The number of para-hydroxylation sites is 1. The van der Waals surface area contributed by atoms with Gasteiger partial charge in [0, 0.05) is 24.9 Å². The maximum atomic E-state index is 6.53. The smallest absolute Gasteiger partial charge is 0.251 e. The molecule has 1 N–H and O–H groups in total. The normalized spacial score (nSPS) is 28.1. The Balaban J connectivity index is 1.59. The summed E-state index contributed by atoms with van der Waals surface area (Å²) in [4.78, 5) is 0. The number of fused-ring (bicyclic) bond motifs is 1. The Bertz CT molecular complexity index is 616. The largest absolute Gasteiger partial charge is 0.448 e. The van der Waals surface area contributed by atoms with Crippen LogP contribution in [0.2, 0.25) is 0 Å². The summed E-state index contributed by atoms with van der Waals surface area (Å²) in [6.45, 7) is 4.13. The number of benzene rings is 1. The molecular formula is C21H29NO2. The lowest BCUT2D eigenvalue weighted by atomic mass is 9.85. The quantitative estimate of drug-likeness (QED) is 0.837. The summed E-state index contributed by atoms with van der Waals surface area (Å²) >= 11 is 0. The fraction of sp³-hybridized carbons (Fsp3) is 0.619. The molecule has 3 aliphatic rings. The zero-order valence-electron chi connectivity index (χ0n) is 14.8. The molecule has 4 rings (SSSR count). The molecule has 3 nitrogen and oxygen atoms in total. The van der Waals surface area contributed by atoms with E-state index in [2.05, 4.69) is 36.5 Å². The van der Waals surface area contributed by atoms with Crippen LogP contribution in [0.5, 0.6) is 11.5 Å². The fourth-order valence-electron chi connectivity index (χ4n) is 4.41. The molecule has 1 fully saturated rings. The first-order chi connectivity index (χ1) is 11.8. The number of rotatable bonds is 2. The van der Waals surface area contributed by atoms with Gasteiger partial charge in [-0.3, -0.25) is 0 Å². The van der Waals surface area contributed by atoms with Crippen molar-refractivity contribution in [1.29, 1.82) is 0 Å². The van der Waals surface area contributed by atoms with Gasteiger partial charge in [-0.1, -0.05) is 50.3 Å². The van der Waals surface area contributed by atoms with Gasteiger partial charge in [0.25, 0.3) is 5.79 Å². The van der Waals surface area contributed by atoms with E-state index in [1.807, 2.05) is 0 Å². The van der Waals surface area contributed by atoms with Crippen molar-refractivity contribution in [3.63, 3.8) is 0 Å². The van der Waals surface area contributed by atoms with Crippen molar-refractivity contribution in [2.45, 2.75) is 64.1 Å². The highest BCUT2D eigenvalue weighted by Crippen LogP contribution is 2.49. The average Bonchev–Trinajstić information content (AvgIpc) is 2.92. The second-order valence-electron chi connectivity index (χ2n) is 7.58. The molecule has 2 aliphatic heterocycles. The zero-order chi connectivity index (χ0) is 16.4. The molecule has 3 heteroatoms. The molecule has 0 spiro atoms. The first-order valence-corrected chi connectivity index (χ1v) is 9.67. The van der Waals surface area contributed by atoms with E-state index in [9.17, 15) is 0 Å². The van der Waals surface area contributed by atoms with E-state index < -0.39 is 5.79 Å². The molecular weight excluding hydrogens is 298 g/mol. The SMILES string of the molecule is CC1(C2CCCCCCC2)Oc2cccc(C3=CCNCC3)c2O1. The lowest BCUT2D eigenvalue weighted by molar-refractivity contribution is -0.117. The topological polar surface area (TPSA) is 30.5 Å². The van der Waals surface area contributed by atoms with Gasteiger partial charge >= 0.3 is 0 Å². The van der Waals surface area contributed by atoms with Crippen LogP contribution in [0.1, 0.15) is 63.9 Å². The van der Waals surface area contributed by atoms with Gasteiger partial charge in [-0.15, -0.1) is 0 Å². The summed E-state index contributed by atoms with van der Waals surface area (Å²) in [6, 6.07) is 6.35. The standard InChI is InChI=1S/C21H29NO2/c1-21(17-8-5-3-2-4-6-9-17)23-19-11-7-10-18(20(19)24-21)16-12-14-22-15-13-16/h7,10-12,17,22H,2-6,8-9,13-15H2,1H3. The third-order valence-electron chi connectivity index (χ3n) is 5.85. The molecule has 2 heterocycles. The van der Waals surface area contributed by atoms with Crippen LogP contribution in [0.15, 0.2) is 24.3 Å². The van der Waals surface area contributed by atoms with Crippen LogP contribution in [0.25, 0.3) is 5.57 Å². The van der Waals surface area contributed by atoms with E-state index in [0.717, 1.165) is 31.0 Å². The van der Waals surface area contributed by atoms with E-state index in [-0.39, 0.29) is 0 Å². The van der Waals surface area contributed by atoms with Gasteiger partial charge in [-0.25, -0.2) is 0 Å². The first-order valence-electron chi connectivity index (χ1n) is 9.67. The minimum atomic E-state index is -0.497. The predicted octanol–water partition coefficient (Wildman–Crippen LogP) is 4.91. The summed E-state index contributed by atoms with van der Waals surface area (Å²) in [7, 11) is 0. The molecule has 0 saturated heterocycles. The van der Waals surface area contributed by atoms with Crippen molar-refractivity contribution in [1.82, 2.24) is 5.32 Å². The summed E-state index contributed by atoms with van der Waals surface area (Å²) in [5.41, 5.74) is 2.61. The lowest BCUT2D eigenvalue weighted by Crippen LogP contribution is -2.43. The van der Waals surface area contributed by atoms with Crippen LogP contribution in [0, 0.1) is 5.92 Å².